The third-order valence-corrected chi connectivity index (χ3v) is 3.87. The Bertz CT molecular complexity index is 859. The molecule has 0 saturated carbocycles. The van der Waals surface area contributed by atoms with Gasteiger partial charge in [0.25, 0.3) is 0 Å². The van der Waals surface area contributed by atoms with Crippen LogP contribution in [0.1, 0.15) is 22.6 Å². The molecule has 0 aliphatic carbocycles. The van der Waals surface area contributed by atoms with Gasteiger partial charge in [0, 0.05) is 19.2 Å². The summed E-state index contributed by atoms with van der Waals surface area (Å²) < 4.78 is 5.10. The lowest BCUT2D eigenvalue weighted by Gasteiger charge is -2.15. The highest BCUT2D eigenvalue weighted by Gasteiger charge is 2.07. The van der Waals surface area contributed by atoms with Crippen LogP contribution in [0.2, 0.25) is 0 Å². The standard InChI is InChI=1S/C20H19N3O/c1-15-11-19(22-24-15)14-23(2)13-16-7-9-17(10-8-16)20-6-4-3-5-18(20)12-21/h3-11H,13-14H2,1-2H3. The first kappa shape index (κ1) is 16.0. The van der Waals surface area contributed by atoms with Crippen LogP contribution in [0.15, 0.2) is 59.1 Å². The van der Waals surface area contributed by atoms with Gasteiger partial charge in [0.2, 0.25) is 0 Å². The molecule has 1 heterocycles. The summed E-state index contributed by atoms with van der Waals surface area (Å²) in [5.74, 6) is 0.832. The van der Waals surface area contributed by atoms with Gasteiger partial charge in [-0.1, -0.05) is 47.6 Å². The second kappa shape index (κ2) is 7.12. The van der Waals surface area contributed by atoms with Crippen molar-refractivity contribution in [2.75, 3.05) is 7.05 Å². The number of nitrogens with zero attached hydrogens (tertiary/aromatic N) is 3. The molecule has 0 fully saturated rings. The molecule has 0 unspecified atom stereocenters. The van der Waals surface area contributed by atoms with Gasteiger partial charge in [-0.05, 0) is 36.7 Å². The molecule has 4 heteroatoms. The van der Waals surface area contributed by atoms with Crippen LogP contribution in [-0.4, -0.2) is 17.1 Å². The summed E-state index contributed by atoms with van der Waals surface area (Å²) in [5.41, 5.74) is 4.89. The number of aromatic nitrogens is 1. The average molecular weight is 317 g/mol. The van der Waals surface area contributed by atoms with Crippen LogP contribution in [0.4, 0.5) is 0 Å². The average Bonchev–Trinajstić information content (AvgIpc) is 3.00. The van der Waals surface area contributed by atoms with E-state index in [0.29, 0.717) is 5.56 Å². The Kier molecular flexibility index (Phi) is 4.74. The summed E-state index contributed by atoms with van der Waals surface area (Å²) >= 11 is 0. The van der Waals surface area contributed by atoms with Crippen LogP contribution < -0.4 is 0 Å². The first-order valence-corrected chi connectivity index (χ1v) is 7.85. The monoisotopic (exact) mass is 317 g/mol. The highest BCUT2D eigenvalue weighted by molar-refractivity contribution is 5.70. The van der Waals surface area contributed by atoms with Crippen LogP contribution in [0, 0.1) is 18.3 Å². The van der Waals surface area contributed by atoms with E-state index in [1.54, 1.807) is 0 Å². The molecule has 0 amide bonds. The Hall–Kier alpha value is -2.90. The third kappa shape index (κ3) is 3.70. The van der Waals surface area contributed by atoms with Crippen LogP contribution in [0.3, 0.4) is 0 Å². The lowest BCUT2D eigenvalue weighted by atomic mass is 9.99. The number of rotatable bonds is 5. The van der Waals surface area contributed by atoms with E-state index in [4.69, 9.17) is 4.52 Å². The summed E-state index contributed by atoms with van der Waals surface area (Å²) in [4.78, 5) is 2.19. The number of nitriles is 1. The van der Waals surface area contributed by atoms with Crippen molar-refractivity contribution in [3.63, 3.8) is 0 Å². The van der Waals surface area contributed by atoms with Crippen LogP contribution in [0.25, 0.3) is 11.1 Å². The van der Waals surface area contributed by atoms with Crippen LogP contribution >= 0.6 is 0 Å². The van der Waals surface area contributed by atoms with Crippen molar-refractivity contribution in [1.82, 2.24) is 10.1 Å². The van der Waals surface area contributed by atoms with Gasteiger partial charge in [-0.2, -0.15) is 5.26 Å². The van der Waals surface area contributed by atoms with E-state index in [2.05, 4.69) is 47.4 Å². The zero-order chi connectivity index (χ0) is 16.9. The molecule has 24 heavy (non-hydrogen) atoms. The Balaban J connectivity index is 1.69. The first-order valence-electron chi connectivity index (χ1n) is 7.85. The molecule has 1 aromatic heterocycles. The number of benzene rings is 2. The Morgan fingerprint density at radius 3 is 2.50 bits per heavy atom. The molecule has 0 radical (unpaired) electrons. The van der Waals surface area contributed by atoms with Crippen molar-refractivity contribution in [3.8, 4) is 17.2 Å². The number of aryl methyl sites for hydroxylation is 1. The number of hydrogen-bond acceptors (Lipinski definition) is 4. The molecular weight excluding hydrogens is 298 g/mol. The molecule has 3 rings (SSSR count). The normalized spacial score (nSPS) is 10.8. The van der Waals surface area contributed by atoms with Crippen molar-refractivity contribution in [2.24, 2.45) is 0 Å². The summed E-state index contributed by atoms with van der Waals surface area (Å²) in [7, 11) is 2.06. The molecule has 0 atom stereocenters. The van der Waals surface area contributed by atoms with E-state index >= 15 is 0 Å². The minimum Gasteiger partial charge on any atom is -0.361 e. The predicted octanol–water partition coefficient (Wildman–Crippen LogP) is 4.15. The highest BCUT2D eigenvalue weighted by Crippen LogP contribution is 2.23. The van der Waals surface area contributed by atoms with Gasteiger partial charge in [-0.3, -0.25) is 4.90 Å². The molecule has 0 saturated heterocycles. The van der Waals surface area contributed by atoms with Crippen molar-refractivity contribution in [2.45, 2.75) is 20.0 Å². The zero-order valence-corrected chi connectivity index (χ0v) is 13.9. The maximum atomic E-state index is 9.22. The van der Waals surface area contributed by atoms with E-state index in [-0.39, 0.29) is 0 Å². The van der Waals surface area contributed by atoms with Gasteiger partial charge in [0.05, 0.1) is 17.3 Å². The summed E-state index contributed by atoms with van der Waals surface area (Å²) in [6, 6.07) is 20.2. The molecule has 0 aliphatic heterocycles. The maximum absolute atomic E-state index is 9.22. The lowest BCUT2D eigenvalue weighted by molar-refractivity contribution is 0.302. The molecule has 3 aromatic rings. The minimum absolute atomic E-state index is 0.698. The SMILES string of the molecule is Cc1cc(CN(C)Cc2ccc(-c3ccccc3C#N)cc2)no1. The first-order chi connectivity index (χ1) is 11.7. The third-order valence-electron chi connectivity index (χ3n) is 3.87. The van der Waals surface area contributed by atoms with Gasteiger partial charge in [-0.15, -0.1) is 0 Å². The summed E-state index contributed by atoms with van der Waals surface area (Å²) in [5, 5.41) is 13.2. The van der Waals surface area contributed by atoms with E-state index in [9.17, 15) is 5.26 Å². The van der Waals surface area contributed by atoms with E-state index in [1.165, 1.54) is 5.56 Å². The molecule has 0 N–H and O–H groups in total. The predicted molar refractivity (Wildman–Crippen MR) is 93.0 cm³/mol. The lowest BCUT2D eigenvalue weighted by Crippen LogP contribution is -2.17. The van der Waals surface area contributed by atoms with Crippen molar-refractivity contribution in [1.29, 1.82) is 5.26 Å². The summed E-state index contributed by atoms with van der Waals surface area (Å²) in [6.45, 7) is 3.47. The second-order valence-corrected chi connectivity index (χ2v) is 5.96. The fourth-order valence-electron chi connectivity index (χ4n) is 2.76. The zero-order valence-electron chi connectivity index (χ0n) is 13.9. The van der Waals surface area contributed by atoms with Gasteiger partial charge in [-0.25, -0.2) is 0 Å². The van der Waals surface area contributed by atoms with Gasteiger partial charge in [0.1, 0.15) is 5.76 Å². The van der Waals surface area contributed by atoms with E-state index in [0.717, 1.165) is 35.7 Å². The minimum atomic E-state index is 0.698. The Morgan fingerprint density at radius 1 is 1.08 bits per heavy atom. The molecule has 0 spiro atoms. The van der Waals surface area contributed by atoms with Crippen molar-refractivity contribution in [3.05, 3.63) is 77.2 Å². The fraction of sp³-hybridized carbons (Fsp3) is 0.200. The van der Waals surface area contributed by atoms with E-state index < -0.39 is 0 Å². The topological polar surface area (TPSA) is 53.1 Å². The maximum Gasteiger partial charge on any atom is 0.133 e. The van der Waals surface area contributed by atoms with Gasteiger partial charge >= 0.3 is 0 Å². The van der Waals surface area contributed by atoms with Crippen LogP contribution in [-0.2, 0) is 13.1 Å². The highest BCUT2D eigenvalue weighted by atomic mass is 16.5. The van der Waals surface area contributed by atoms with E-state index in [1.807, 2.05) is 37.3 Å². The molecule has 120 valence electrons. The smallest absolute Gasteiger partial charge is 0.133 e. The molecular formula is C20H19N3O. The van der Waals surface area contributed by atoms with Gasteiger partial charge in [0.15, 0.2) is 0 Å². The van der Waals surface area contributed by atoms with Crippen LogP contribution in [0.5, 0.6) is 0 Å². The Labute approximate surface area is 141 Å². The van der Waals surface area contributed by atoms with Gasteiger partial charge < -0.3 is 4.52 Å². The summed E-state index contributed by atoms with van der Waals surface area (Å²) in [6.07, 6.45) is 0. The molecule has 4 nitrogen and oxygen atoms in total. The fourth-order valence-corrected chi connectivity index (χ4v) is 2.76. The molecule has 0 aliphatic rings. The number of hydrogen-bond donors (Lipinski definition) is 0. The molecule has 0 bridgehead atoms. The molecule has 2 aromatic carbocycles. The largest absolute Gasteiger partial charge is 0.361 e. The van der Waals surface area contributed by atoms with Crippen molar-refractivity contribution < 1.29 is 4.52 Å². The quantitative estimate of drug-likeness (QED) is 0.709. The van der Waals surface area contributed by atoms with Crippen molar-refractivity contribution >= 4 is 0 Å². The second-order valence-electron chi connectivity index (χ2n) is 5.96. The Morgan fingerprint density at radius 2 is 1.83 bits per heavy atom.